The Morgan fingerprint density at radius 2 is 1.68 bits per heavy atom. The van der Waals surface area contributed by atoms with Gasteiger partial charge in [-0.25, -0.2) is 8.78 Å². The SMILES string of the molecule is O=C(CSc1nnc(-c2ccccc2)n1-c1ccc(F)cc1)Nc1ccc(F)cc1Cl. The predicted octanol–water partition coefficient (Wildman–Crippen LogP) is 5.60. The summed E-state index contributed by atoms with van der Waals surface area (Å²) in [4.78, 5) is 12.4. The molecule has 0 unspecified atom stereocenters. The Morgan fingerprint density at radius 3 is 2.39 bits per heavy atom. The fraction of sp³-hybridized carbons (Fsp3) is 0.0455. The lowest BCUT2D eigenvalue weighted by Gasteiger charge is -2.11. The van der Waals surface area contributed by atoms with Gasteiger partial charge in [-0.15, -0.1) is 10.2 Å². The Hall–Kier alpha value is -3.23. The molecule has 9 heteroatoms. The number of hydrogen-bond acceptors (Lipinski definition) is 4. The van der Waals surface area contributed by atoms with Crippen LogP contribution in [0.2, 0.25) is 5.02 Å². The first-order chi connectivity index (χ1) is 15.0. The van der Waals surface area contributed by atoms with Crippen molar-refractivity contribution in [1.29, 1.82) is 0 Å². The summed E-state index contributed by atoms with van der Waals surface area (Å²) in [6.45, 7) is 0. The molecular formula is C22H15ClF2N4OS. The third-order valence-electron chi connectivity index (χ3n) is 4.29. The van der Waals surface area contributed by atoms with Gasteiger partial charge in [0.1, 0.15) is 11.6 Å². The second kappa shape index (κ2) is 9.28. The van der Waals surface area contributed by atoms with Crippen LogP contribution in [0.15, 0.2) is 78.0 Å². The Kier molecular flexibility index (Phi) is 6.29. The highest BCUT2D eigenvalue weighted by Gasteiger charge is 2.17. The van der Waals surface area contributed by atoms with E-state index in [9.17, 15) is 13.6 Å². The summed E-state index contributed by atoms with van der Waals surface area (Å²) >= 11 is 7.13. The van der Waals surface area contributed by atoms with Crippen molar-refractivity contribution < 1.29 is 13.6 Å². The number of hydrogen-bond donors (Lipinski definition) is 1. The van der Waals surface area contributed by atoms with E-state index in [-0.39, 0.29) is 22.5 Å². The number of thioether (sulfide) groups is 1. The number of anilines is 1. The molecule has 1 amide bonds. The molecular weight excluding hydrogens is 442 g/mol. The van der Waals surface area contributed by atoms with E-state index in [1.165, 1.54) is 24.3 Å². The van der Waals surface area contributed by atoms with E-state index in [1.54, 1.807) is 16.7 Å². The van der Waals surface area contributed by atoms with Gasteiger partial charge in [0.2, 0.25) is 5.91 Å². The maximum Gasteiger partial charge on any atom is 0.234 e. The largest absolute Gasteiger partial charge is 0.324 e. The molecule has 1 aromatic heterocycles. The van der Waals surface area contributed by atoms with E-state index >= 15 is 0 Å². The van der Waals surface area contributed by atoms with Gasteiger partial charge >= 0.3 is 0 Å². The topological polar surface area (TPSA) is 59.8 Å². The zero-order valence-corrected chi connectivity index (χ0v) is 17.5. The second-order valence-electron chi connectivity index (χ2n) is 6.45. The predicted molar refractivity (Wildman–Crippen MR) is 118 cm³/mol. The summed E-state index contributed by atoms with van der Waals surface area (Å²) in [5.74, 6) is -0.604. The van der Waals surface area contributed by atoms with E-state index in [0.29, 0.717) is 22.4 Å². The molecule has 0 radical (unpaired) electrons. The molecule has 4 aromatic rings. The third-order valence-corrected chi connectivity index (χ3v) is 5.53. The first-order valence-electron chi connectivity index (χ1n) is 9.16. The number of carbonyl (C=O) groups excluding carboxylic acids is 1. The highest BCUT2D eigenvalue weighted by Crippen LogP contribution is 2.28. The van der Waals surface area contributed by atoms with Crippen LogP contribution in [0.3, 0.4) is 0 Å². The van der Waals surface area contributed by atoms with Crippen molar-refractivity contribution in [1.82, 2.24) is 14.8 Å². The number of rotatable bonds is 6. The molecule has 0 atom stereocenters. The van der Waals surface area contributed by atoms with Crippen LogP contribution in [0.5, 0.6) is 0 Å². The molecule has 5 nitrogen and oxygen atoms in total. The molecule has 0 spiro atoms. The number of benzene rings is 3. The first-order valence-corrected chi connectivity index (χ1v) is 10.5. The summed E-state index contributed by atoms with van der Waals surface area (Å²) in [6.07, 6.45) is 0. The van der Waals surface area contributed by atoms with E-state index in [0.717, 1.165) is 23.4 Å². The second-order valence-corrected chi connectivity index (χ2v) is 7.79. The lowest BCUT2D eigenvalue weighted by atomic mass is 10.2. The zero-order valence-electron chi connectivity index (χ0n) is 15.9. The average Bonchev–Trinajstić information content (AvgIpc) is 3.19. The van der Waals surface area contributed by atoms with Crippen LogP contribution in [0.4, 0.5) is 14.5 Å². The molecule has 0 aliphatic heterocycles. The van der Waals surface area contributed by atoms with Gasteiger partial charge < -0.3 is 5.32 Å². The Bertz CT molecular complexity index is 1220. The van der Waals surface area contributed by atoms with Crippen molar-refractivity contribution in [2.24, 2.45) is 0 Å². The molecule has 0 aliphatic carbocycles. The minimum absolute atomic E-state index is 0.0157. The fourth-order valence-corrected chi connectivity index (χ4v) is 3.83. The van der Waals surface area contributed by atoms with Crippen LogP contribution < -0.4 is 5.32 Å². The number of aromatic nitrogens is 3. The lowest BCUT2D eigenvalue weighted by molar-refractivity contribution is -0.113. The van der Waals surface area contributed by atoms with Gasteiger partial charge in [0.15, 0.2) is 11.0 Å². The van der Waals surface area contributed by atoms with Crippen molar-refractivity contribution in [3.8, 4) is 17.1 Å². The van der Waals surface area contributed by atoms with Crippen molar-refractivity contribution in [3.05, 3.63) is 89.5 Å². The van der Waals surface area contributed by atoms with E-state index < -0.39 is 5.82 Å². The molecule has 0 aliphatic rings. The van der Waals surface area contributed by atoms with Gasteiger partial charge in [-0.3, -0.25) is 9.36 Å². The molecule has 0 fully saturated rings. The normalized spacial score (nSPS) is 10.8. The third kappa shape index (κ3) is 4.92. The van der Waals surface area contributed by atoms with Gasteiger partial charge in [0.05, 0.1) is 16.5 Å². The molecule has 31 heavy (non-hydrogen) atoms. The number of nitrogens with zero attached hydrogens (tertiary/aromatic N) is 3. The van der Waals surface area contributed by atoms with Crippen molar-refractivity contribution in [3.63, 3.8) is 0 Å². The molecule has 156 valence electrons. The van der Waals surface area contributed by atoms with Gasteiger partial charge in [-0.05, 0) is 42.5 Å². The Labute approximate surface area is 186 Å². The summed E-state index contributed by atoms with van der Waals surface area (Å²) in [6, 6.07) is 19.1. The minimum atomic E-state index is -0.488. The van der Waals surface area contributed by atoms with Gasteiger partial charge in [-0.2, -0.15) is 0 Å². The standard InChI is InChI=1S/C22H15ClF2N4OS/c23-18-12-16(25)8-11-19(18)26-20(30)13-31-22-28-27-21(14-4-2-1-3-5-14)29(22)17-9-6-15(24)7-10-17/h1-12H,13H2,(H,26,30). The van der Waals surface area contributed by atoms with Crippen molar-refractivity contribution >= 4 is 35.0 Å². The molecule has 4 rings (SSSR count). The Morgan fingerprint density at radius 1 is 0.968 bits per heavy atom. The van der Waals surface area contributed by atoms with E-state index in [2.05, 4.69) is 15.5 Å². The molecule has 1 heterocycles. The quantitative estimate of drug-likeness (QED) is 0.384. The monoisotopic (exact) mass is 456 g/mol. The average molecular weight is 457 g/mol. The molecule has 0 saturated carbocycles. The van der Waals surface area contributed by atoms with Crippen LogP contribution in [0.25, 0.3) is 17.1 Å². The lowest BCUT2D eigenvalue weighted by Crippen LogP contribution is -2.15. The maximum atomic E-state index is 13.4. The van der Waals surface area contributed by atoms with Crippen molar-refractivity contribution in [2.45, 2.75) is 5.16 Å². The van der Waals surface area contributed by atoms with Crippen LogP contribution in [0, 0.1) is 11.6 Å². The van der Waals surface area contributed by atoms with Crippen LogP contribution in [-0.4, -0.2) is 26.4 Å². The molecule has 3 aromatic carbocycles. The summed E-state index contributed by atoms with van der Waals surface area (Å²) < 4.78 is 28.4. The summed E-state index contributed by atoms with van der Waals surface area (Å²) in [5.41, 5.74) is 1.81. The van der Waals surface area contributed by atoms with Gasteiger partial charge in [-0.1, -0.05) is 53.7 Å². The van der Waals surface area contributed by atoms with Crippen LogP contribution in [-0.2, 0) is 4.79 Å². The van der Waals surface area contributed by atoms with Gasteiger partial charge in [0.25, 0.3) is 0 Å². The zero-order chi connectivity index (χ0) is 21.8. The fourth-order valence-electron chi connectivity index (χ4n) is 2.87. The highest BCUT2D eigenvalue weighted by atomic mass is 35.5. The van der Waals surface area contributed by atoms with Crippen LogP contribution in [0.1, 0.15) is 0 Å². The minimum Gasteiger partial charge on any atom is -0.324 e. The van der Waals surface area contributed by atoms with E-state index in [4.69, 9.17) is 11.6 Å². The van der Waals surface area contributed by atoms with Gasteiger partial charge in [0, 0.05) is 11.3 Å². The first kappa shape index (κ1) is 21.0. The molecule has 0 saturated heterocycles. The summed E-state index contributed by atoms with van der Waals surface area (Å²) in [5, 5.41) is 11.7. The molecule has 1 N–H and O–H groups in total. The maximum absolute atomic E-state index is 13.4. The smallest absolute Gasteiger partial charge is 0.234 e. The number of nitrogens with one attached hydrogen (secondary N) is 1. The number of amides is 1. The highest BCUT2D eigenvalue weighted by molar-refractivity contribution is 7.99. The number of halogens is 3. The van der Waals surface area contributed by atoms with Crippen LogP contribution >= 0.6 is 23.4 Å². The number of carbonyl (C=O) groups is 1. The van der Waals surface area contributed by atoms with E-state index in [1.807, 2.05) is 30.3 Å². The Balaban J connectivity index is 1.58. The molecule has 0 bridgehead atoms. The van der Waals surface area contributed by atoms with Crippen molar-refractivity contribution in [2.75, 3.05) is 11.1 Å². The summed E-state index contributed by atoms with van der Waals surface area (Å²) in [7, 11) is 0.